The Balaban J connectivity index is 1.79. The predicted molar refractivity (Wildman–Crippen MR) is 89.0 cm³/mol. The number of hydrazine groups is 1. The van der Waals surface area contributed by atoms with E-state index in [0.717, 1.165) is 15.2 Å². The minimum atomic E-state index is -1.24. The molecule has 0 radical (unpaired) electrons. The van der Waals surface area contributed by atoms with E-state index >= 15 is 0 Å². The van der Waals surface area contributed by atoms with Crippen LogP contribution in [0.2, 0.25) is 0 Å². The van der Waals surface area contributed by atoms with Crippen LogP contribution in [0.5, 0.6) is 0 Å². The average Bonchev–Trinajstić information content (AvgIpc) is 3.40. The number of aromatic carboxylic acids is 1. The summed E-state index contributed by atoms with van der Waals surface area (Å²) in [6, 6.07) is 9.31. The highest BCUT2D eigenvalue weighted by atomic mass is 16.4. The first kappa shape index (κ1) is 15.0. The van der Waals surface area contributed by atoms with Crippen LogP contribution >= 0.6 is 0 Å². The zero-order chi connectivity index (χ0) is 18.5. The van der Waals surface area contributed by atoms with Crippen molar-refractivity contribution in [2.24, 2.45) is 5.84 Å². The zero-order valence-electron chi connectivity index (χ0n) is 13.3. The topological polar surface area (TPSA) is 184 Å². The molecular formula is C13H10N12O2. The van der Waals surface area contributed by atoms with Gasteiger partial charge in [-0.15, -0.1) is 19.5 Å². The molecule has 5 aromatic rings. The molecule has 0 bridgehead atoms. The zero-order valence-corrected chi connectivity index (χ0v) is 13.3. The molecule has 5 rings (SSSR count). The third-order valence-corrected chi connectivity index (χ3v) is 4.03. The Kier molecular flexibility index (Phi) is 2.96. The summed E-state index contributed by atoms with van der Waals surface area (Å²) in [4.78, 5) is 11.7. The fraction of sp³-hybridized carbons (Fsp3) is 0. The molecule has 0 atom stereocenters. The first-order chi connectivity index (χ1) is 13.1. The van der Waals surface area contributed by atoms with E-state index in [4.69, 9.17) is 5.84 Å². The largest absolute Gasteiger partial charge is 0.476 e. The molecule has 0 aliphatic heterocycles. The summed E-state index contributed by atoms with van der Waals surface area (Å²) in [5.74, 6) is 5.11. The van der Waals surface area contributed by atoms with E-state index in [1.807, 2.05) is 30.3 Å². The van der Waals surface area contributed by atoms with Gasteiger partial charge in [-0.3, -0.25) is 15.2 Å². The Labute approximate surface area is 148 Å². The molecule has 0 aliphatic carbocycles. The number of rotatable bonds is 4. The Bertz CT molecular complexity index is 1280. The van der Waals surface area contributed by atoms with Crippen molar-refractivity contribution >= 4 is 28.6 Å². The smallest absolute Gasteiger partial charge is 0.356 e. The third kappa shape index (κ3) is 2.07. The Morgan fingerprint density at radius 2 is 1.63 bits per heavy atom. The second-order valence-corrected chi connectivity index (χ2v) is 5.54. The summed E-state index contributed by atoms with van der Waals surface area (Å²) >= 11 is 0. The standard InChI is InChI=1S/C13H10N12O2/c14-23(10-8(13(26)27)18-25-12(10)16-20-22-25)9-7(6-4-2-1-3-5-6)17-24-11(9)15-19-21-24/h1-5,17-18H,14H2,(H,26,27). The number of hydrogen-bond acceptors (Lipinski definition) is 9. The van der Waals surface area contributed by atoms with Crippen molar-refractivity contribution in [1.29, 1.82) is 0 Å². The monoisotopic (exact) mass is 366 g/mol. The van der Waals surface area contributed by atoms with Gasteiger partial charge in [0.25, 0.3) is 0 Å². The molecular weight excluding hydrogens is 356 g/mol. The van der Waals surface area contributed by atoms with Gasteiger partial charge in [0.1, 0.15) is 11.4 Å². The summed E-state index contributed by atoms with van der Waals surface area (Å²) in [5.41, 5.74) is 2.02. The first-order valence-electron chi connectivity index (χ1n) is 7.59. The number of hydrogen-bond donors (Lipinski definition) is 4. The van der Waals surface area contributed by atoms with E-state index in [2.05, 4.69) is 41.2 Å². The number of carbonyl (C=O) groups is 1. The number of fused-ring (bicyclic) bond motifs is 2. The predicted octanol–water partition coefficient (Wildman–Crippen LogP) is -0.405. The number of nitrogens with one attached hydrogen (secondary N) is 2. The van der Waals surface area contributed by atoms with Crippen molar-refractivity contribution in [1.82, 2.24) is 50.5 Å². The number of nitrogens with two attached hydrogens (primary N) is 1. The summed E-state index contributed by atoms with van der Waals surface area (Å²) in [7, 11) is 0. The summed E-state index contributed by atoms with van der Waals surface area (Å²) in [6.45, 7) is 0. The third-order valence-electron chi connectivity index (χ3n) is 4.03. The van der Waals surface area contributed by atoms with Gasteiger partial charge >= 0.3 is 5.97 Å². The van der Waals surface area contributed by atoms with Crippen molar-refractivity contribution in [3.05, 3.63) is 36.0 Å². The van der Waals surface area contributed by atoms with E-state index in [1.54, 1.807) is 0 Å². The minimum absolute atomic E-state index is 0.0641. The number of H-pyrrole nitrogens is 2. The number of carboxylic acids is 1. The lowest BCUT2D eigenvalue weighted by atomic mass is 10.1. The van der Waals surface area contributed by atoms with E-state index < -0.39 is 5.97 Å². The van der Waals surface area contributed by atoms with Crippen LogP contribution in [0, 0.1) is 0 Å². The molecule has 0 fully saturated rings. The highest BCUT2D eigenvalue weighted by Crippen LogP contribution is 2.37. The molecule has 4 heterocycles. The van der Waals surface area contributed by atoms with Crippen LogP contribution in [0.1, 0.15) is 10.5 Å². The van der Waals surface area contributed by atoms with Gasteiger partial charge in [0.2, 0.25) is 11.3 Å². The fourth-order valence-corrected chi connectivity index (χ4v) is 2.88. The van der Waals surface area contributed by atoms with Crippen molar-refractivity contribution in [3.63, 3.8) is 0 Å². The van der Waals surface area contributed by atoms with E-state index in [-0.39, 0.29) is 17.0 Å². The van der Waals surface area contributed by atoms with Crippen LogP contribution in [0.25, 0.3) is 22.6 Å². The Morgan fingerprint density at radius 3 is 2.30 bits per heavy atom. The molecule has 27 heavy (non-hydrogen) atoms. The van der Waals surface area contributed by atoms with Crippen LogP contribution in [0.15, 0.2) is 30.3 Å². The second kappa shape index (κ2) is 5.33. The quantitative estimate of drug-likeness (QED) is 0.241. The lowest BCUT2D eigenvalue weighted by Crippen LogP contribution is -2.27. The molecule has 0 spiro atoms. The number of tetrazole rings is 2. The molecule has 0 saturated heterocycles. The Hall–Kier alpha value is -4.33. The second-order valence-electron chi connectivity index (χ2n) is 5.54. The maximum Gasteiger partial charge on any atom is 0.356 e. The maximum atomic E-state index is 11.7. The van der Waals surface area contributed by atoms with Crippen LogP contribution in [-0.4, -0.2) is 61.6 Å². The number of carboxylic acid groups (broad SMARTS) is 1. The lowest BCUT2D eigenvalue weighted by molar-refractivity contribution is 0.0690. The van der Waals surface area contributed by atoms with Gasteiger partial charge in [-0.25, -0.2) is 10.6 Å². The molecule has 134 valence electrons. The SMILES string of the molecule is NN(c1c(C(=O)O)[nH]n2nnnc12)c1c(-c2ccccc2)[nH]n2nnnc12. The number of nitrogens with zero attached hydrogens (tertiary/aromatic N) is 9. The molecule has 1 aromatic carbocycles. The molecule has 5 N–H and O–H groups in total. The molecule has 0 unspecified atom stereocenters. The van der Waals surface area contributed by atoms with Crippen molar-refractivity contribution in [2.75, 3.05) is 5.01 Å². The molecule has 0 saturated carbocycles. The van der Waals surface area contributed by atoms with Gasteiger partial charge in [-0.2, -0.15) is 0 Å². The molecule has 4 aromatic heterocycles. The lowest BCUT2D eigenvalue weighted by Gasteiger charge is -2.17. The normalized spacial score (nSPS) is 11.4. The van der Waals surface area contributed by atoms with Crippen molar-refractivity contribution < 1.29 is 9.90 Å². The number of aromatic nitrogens is 10. The maximum absolute atomic E-state index is 11.7. The molecule has 14 heteroatoms. The Morgan fingerprint density at radius 1 is 1.00 bits per heavy atom. The molecule has 0 aliphatic rings. The van der Waals surface area contributed by atoms with Crippen LogP contribution in [0.3, 0.4) is 0 Å². The minimum Gasteiger partial charge on any atom is -0.476 e. The fourth-order valence-electron chi connectivity index (χ4n) is 2.88. The van der Waals surface area contributed by atoms with Crippen molar-refractivity contribution in [3.8, 4) is 11.3 Å². The van der Waals surface area contributed by atoms with Gasteiger partial charge in [0.15, 0.2) is 5.69 Å². The van der Waals surface area contributed by atoms with Crippen molar-refractivity contribution in [2.45, 2.75) is 0 Å². The highest BCUT2D eigenvalue weighted by Gasteiger charge is 2.29. The van der Waals surface area contributed by atoms with Gasteiger partial charge in [-0.05, 0) is 20.9 Å². The van der Waals surface area contributed by atoms with Gasteiger partial charge < -0.3 is 5.11 Å². The number of benzene rings is 1. The summed E-state index contributed by atoms with van der Waals surface area (Å²) in [6.07, 6.45) is 0. The number of aromatic amines is 2. The van der Waals surface area contributed by atoms with Gasteiger partial charge in [0.05, 0.1) is 5.69 Å². The van der Waals surface area contributed by atoms with Crippen LogP contribution < -0.4 is 10.9 Å². The van der Waals surface area contributed by atoms with Crippen LogP contribution in [-0.2, 0) is 0 Å². The summed E-state index contributed by atoms with van der Waals surface area (Å²) in [5, 5.41) is 38.8. The van der Waals surface area contributed by atoms with Crippen LogP contribution in [0.4, 0.5) is 11.4 Å². The molecule has 0 amide bonds. The van der Waals surface area contributed by atoms with E-state index in [9.17, 15) is 9.90 Å². The number of anilines is 2. The molecule has 14 nitrogen and oxygen atoms in total. The van der Waals surface area contributed by atoms with Gasteiger partial charge in [0, 0.05) is 5.56 Å². The van der Waals surface area contributed by atoms with E-state index in [1.165, 1.54) is 4.63 Å². The summed E-state index contributed by atoms with van der Waals surface area (Å²) < 4.78 is 2.45. The van der Waals surface area contributed by atoms with E-state index in [0.29, 0.717) is 17.0 Å². The first-order valence-corrected chi connectivity index (χ1v) is 7.59. The highest BCUT2D eigenvalue weighted by molar-refractivity contribution is 6.00. The average molecular weight is 366 g/mol. The van der Waals surface area contributed by atoms with Gasteiger partial charge in [-0.1, -0.05) is 30.3 Å².